The van der Waals surface area contributed by atoms with E-state index >= 15 is 0 Å². The van der Waals surface area contributed by atoms with E-state index in [1.165, 1.54) is 12.5 Å². The fraction of sp³-hybridized carbons (Fsp3) is 0.375. The first-order valence-electron chi connectivity index (χ1n) is 10.2. The normalized spacial score (nSPS) is 17.4. The quantitative estimate of drug-likeness (QED) is 0.555. The monoisotopic (exact) mass is 411 g/mol. The molecule has 0 amide bonds. The maximum atomic E-state index is 14.1. The van der Waals surface area contributed by atoms with Crippen LogP contribution in [0, 0.1) is 12.8 Å². The number of terminal acetylenes is 1. The molecule has 2 aromatic heterocycles. The Kier molecular flexibility index (Phi) is 9.14. The van der Waals surface area contributed by atoms with Crippen LogP contribution < -0.4 is 4.74 Å². The van der Waals surface area contributed by atoms with Crippen LogP contribution in [-0.2, 0) is 6.42 Å². The summed E-state index contributed by atoms with van der Waals surface area (Å²) in [6.45, 7) is 4.25. The van der Waals surface area contributed by atoms with Crippen molar-refractivity contribution in [1.82, 2.24) is 15.2 Å². The summed E-state index contributed by atoms with van der Waals surface area (Å²) in [5.74, 6) is -0.498. The maximum Gasteiger partial charge on any atom is 0.213 e. The van der Waals surface area contributed by atoms with Crippen LogP contribution in [0.3, 0.4) is 0 Å². The zero-order valence-electron chi connectivity index (χ0n) is 17.4. The third-order valence-electron chi connectivity index (χ3n) is 4.48. The van der Waals surface area contributed by atoms with Crippen molar-refractivity contribution in [3.8, 4) is 18.7 Å². The molecule has 0 aliphatic heterocycles. The first-order valence-corrected chi connectivity index (χ1v) is 10.2. The second-order valence-corrected chi connectivity index (χ2v) is 6.88. The Morgan fingerprint density at radius 1 is 1.13 bits per heavy atom. The summed E-state index contributed by atoms with van der Waals surface area (Å²) in [5, 5.41) is 8.32. The Balaban J connectivity index is 0.000000590. The second kappa shape index (κ2) is 11.8. The van der Waals surface area contributed by atoms with Crippen molar-refractivity contribution in [3.63, 3.8) is 0 Å². The molecule has 0 fully saturated rings. The Morgan fingerprint density at radius 3 is 2.57 bits per heavy atom. The van der Waals surface area contributed by atoms with Gasteiger partial charge in [-0.3, -0.25) is 0 Å². The number of aromatic nitrogens is 3. The lowest BCUT2D eigenvalue weighted by Crippen LogP contribution is -2.19. The number of nitrogens with zero attached hydrogens (tertiary/aromatic N) is 3. The molecule has 0 saturated heterocycles. The predicted octanol–water partition coefficient (Wildman–Crippen LogP) is 6.32. The van der Waals surface area contributed by atoms with Crippen molar-refractivity contribution in [2.75, 3.05) is 0 Å². The number of pyridine rings is 1. The van der Waals surface area contributed by atoms with E-state index in [0.29, 0.717) is 12.3 Å². The molecule has 1 unspecified atom stereocenters. The van der Waals surface area contributed by atoms with Crippen LogP contribution in [0.1, 0.15) is 69.0 Å². The fourth-order valence-corrected chi connectivity index (χ4v) is 3.27. The molecular formula is C24H27F2N3O. The summed E-state index contributed by atoms with van der Waals surface area (Å²) in [4.78, 5) is 4.17. The lowest BCUT2D eigenvalue weighted by molar-refractivity contribution is 0.169. The largest absolute Gasteiger partial charge is 0.468 e. The average molecular weight is 411 g/mol. The van der Waals surface area contributed by atoms with Crippen molar-refractivity contribution in [3.05, 3.63) is 65.1 Å². The van der Waals surface area contributed by atoms with Gasteiger partial charge in [-0.25, -0.2) is 13.8 Å². The van der Waals surface area contributed by atoms with Crippen LogP contribution >= 0.6 is 0 Å². The third-order valence-corrected chi connectivity index (χ3v) is 4.48. The highest BCUT2D eigenvalue weighted by Gasteiger charge is 2.27. The predicted molar refractivity (Wildman–Crippen MR) is 115 cm³/mol. The molecule has 158 valence electrons. The van der Waals surface area contributed by atoms with Gasteiger partial charge in [0.2, 0.25) is 5.88 Å². The highest BCUT2D eigenvalue weighted by atomic mass is 19.1. The molecule has 0 spiro atoms. The number of halogens is 2. The fourth-order valence-electron chi connectivity index (χ4n) is 3.27. The van der Waals surface area contributed by atoms with Crippen LogP contribution in [0.4, 0.5) is 8.78 Å². The Bertz CT molecular complexity index is 907. The maximum absolute atomic E-state index is 14.1. The molecule has 6 heteroatoms. The zero-order chi connectivity index (χ0) is 21.9. The summed E-state index contributed by atoms with van der Waals surface area (Å²) in [6.07, 6.45) is 15.2. The van der Waals surface area contributed by atoms with Crippen LogP contribution in [0.2, 0.25) is 0 Å². The third kappa shape index (κ3) is 5.73. The number of hydrogen-bond acceptors (Lipinski definition) is 4. The number of fused-ring (bicyclic) bond motifs is 1. The lowest BCUT2D eigenvalue weighted by Gasteiger charge is -2.24. The van der Waals surface area contributed by atoms with E-state index in [9.17, 15) is 8.78 Å². The molecule has 30 heavy (non-hydrogen) atoms. The van der Waals surface area contributed by atoms with Gasteiger partial charge in [0.15, 0.2) is 0 Å². The van der Waals surface area contributed by atoms with Gasteiger partial charge in [0.25, 0.3) is 0 Å². The van der Waals surface area contributed by atoms with Gasteiger partial charge in [-0.2, -0.15) is 5.10 Å². The van der Waals surface area contributed by atoms with Gasteiger partial charge in [0.1, 0.15) is 23.5 Å². The molecule has 4 rings (SSSR count). The van der Waals surface area contributed by atoms with Crippen LogP contribution in [0.5, 0.6) is 5.88 Å². The van der Waals surface area contributed by atoms with E-state index in [-0.39, 0.29) is 23.8 Å². The van der Waals surface area contributed by atoms with Crippen molar-refractivity contribution >= 4 is 5.57 Å². The zero-order valence-corrected chi connectivity index (χ0v) is 17.4. The molecule has 2 aromatic rings. The lowest BCUT2D eigenvalue weighted by atomic mass is 9.92. The van der Waals surface area contributed by atoms with Gasteiger partial charge >= 0.3 is 0 Å². The minimum Gasteiger partial charge on any atom is -0.468 e. The molecule has 0 N–H and O–H groups in total. The van der Waals surface area contributed by atoms with Gasteiger partial charge in [0, 0.05) is 18.7 Å². The van der Waals surface area contributed by atoms with E-state index in [0.717, 1.165) is 30.5 Å². The topological polar surface area (TPSA) is 47.9 Å². The van der Waals surface area contributed by atoms with Crippen molar-refractivity contribution in [1.29, 1.82) is 0 Å². The first kappa shape index (κ1) is 23.2. The second-order valence-electron chi connectivity index (χ2n) is 6.88. The summed E-state index contributed by atoms with van der Waals surface area (Å²) >= 11 is 0. The number of aryl methyl sites for hydroxylation is 1. The van der Waals surface area contributed by atoms with E-state index in [4.69, 9.17) is 4.74 Å². The minimum atomic E-state index is -0.560. The molecule has 2 aliphatic rings. The highest BCUT2D eigenvalue weighted by Crippen LogP contribution is 2.36. The van der Waals surface area contributed by atoms with E-state index in [1.54, 1.807) is 18.3 Å². The smallest absolute Gasteiger partial charge is 0.213 e. The van der Waals surface area contributed by atoms with Crippen LogP contribution in [-0.4, -0.2) is 15.2 Å². The minimum absolute atomic E-state index is 0.0608. The van der Waals surface area contributed by atoms with Gasteiger partial charge in [-0.1, -0.05) is 26.3 Å². The van der Waals surface area contributed by atoms with Gasteiger partial charge in [-0.05, 0) is 49.5 Å². The first-order chi connectivity index (χ1) is 14.6. The number of hydrogen-bond donors (Lipinski definition) is 0. The summed E-state index contributed by atoms with van der Waals surface area (Å²) in [5.41, 5.74) is 1.84. The number of rotatable bonds is 3. The van der Waals surface area contributed by atoms with Crippen molar-refractivity contribution < 1.29 is 13.5 Å². The SMILES string of the molecule is C#C.CCC.FC1=CCCC(F)=C1c1cc2c(nn1)C(Oc1ccccn1)CCC2. The summed E-state index contributed by atoms with van der Waals surface area (Å²) in [7, 11) is 0. The van der Waals surface area contributed by atoms with Crippen LogP contribution in [0.15, 0.2) is 48.2 Å². The Hall–Kier alpha value is -3.07. The molecule has 2 heterocycles. The summed E-state index contributed by atoms with van der Waals surface area (Å²) < 4.78 is 34.0. The molecule has 0 radical (unpaired) electrons. The molecule has 0 saturated carbocycles. The van der Waals surface area contributed by atoms with Gasteiger partial charge in [-0.15, -0.1) is 17.9 Å². The molecule has 4 nitrogen and oxygen atoms in total. The average Bonchev–Trinajstić information content (AvgIpc) is 2.76. The van der Waals surface area contributed by atoms with Crippen molar-refractivity contribution in [2.24, 2.45) is 0 Å². The van der Waals surface area contributed by atoms with Crippen LogP contribution in [0.25, 0.3) is 5.57 Å². The van der Waals surface area contributed by atoms with E-state index < -0.39 is 11.7 Å². The molecule has 0 aromatic carbocycles. The highest BCUT2D eigenvalue weighted by molar-refractivity contribution is 5.77. The number of ether oxygens (including phenoxy) is 1. The number of allylic oxidation sites excluding steroid dienone is 4. The van der Waals surface area contributed by atoms with E-state index in [1.807, 2.05) is 12.1 Å². The summed E-state index contributed by atoms with van der Waals surface area (Å²) in [6, 6.07) is 7.21. The molecule has 2 aliphatic carbocycles. The van der Waals surface area contributed by atoms with Crippen molar-refractivity contribution in [2.45, 2.75) is 58.5 Å². The molecule has 1 atom stereocenters. The van der Waals surface area contributed by atoms with Gasteiger partial charge in [0.05, 0.1) is 11.3 Å². The Labute approximate surface area is 177 Å². The van der Waals surface area contributed by atoms with Gasteiger partial charge < -0.3 is 4.74 Å². The molecular weight excluding hydrogens is 384 g/mol. The van der Waals surface area contributed by atoms with E-state index in [2.05, 4.69) is 41.9 Å². The standard InChI is InChI=1S/C19H17F2N3O.C3H8.C2H2/c20-13-6-4-7-14(21)18(13)15-11-12-5-3-8-16(19(12)24-23-15)25-17-9-1-2-10-22-17;1-3-2;1-2/h1-2,6,9-11,16H,3-5,7-8H2;3H2,1-2H3;1-2H. The molecule has 0 bridgehead atoms. The Morgan fingerprint density at radius 2 is 1.90 bits per heavy atom.